The number of nitrogens with one attached hydrogen (secondary N) is 2. The summed E-state index contributed by atoms with van der Waals surface area (Å²) in [6.07, 6.45) is 1.35. The van der Waals surface area contributed by atoms with Gasteiger partial charge in [0.2, 0.25) is 10.0 Å². The van der Waals surface area contributed by atoms with Crippen molar-refractivity contribution in [2.45, 2.75) is 5.03 Å². The minimum absolute atomic E-state index is 0.162. The lowest BCUT2D eigenvalue weighted by Crippen LogP contribution is -2.34. The van der Waals surface area contributed by atoms with Gasteiger partial charge in [-0.2, -0.15) is 0 Å². The molecule has 0 atom stereocenters. The number of nitrogens with zero attached hydrogens (tertiary/aromatic N) is 2. The summed E-state index contributed by atoms with van der Waals surface area (Å²) in [5.41, 5.74) is 0.343. The van der Waals surface area contributed by atoms with Crippen molar-refractivity contribution in [3.05, 3.63) is 18.3 Å². The molecule has 0 radical (unpaired) electrons. The van der Waals surface area contributed by atoms with Gasteiger partial charge in [0.25, 0.3) is 10.0 Å². The lowest BCUT2D eigenvalue weighted by molar-refractivity contribution is 0.519. The topological polar surface area (TPSA) is 108 Å². The van der Waals surface area contributed by atoms with Crippen LogP contribution >= 0.6 is 0 Å². The molecular weight excluding hydrogens is 304 g/mol. The van der Waals surface area contributed by atoms with Gasteiger partial charge in [-0.15, -0.1) is 0 Å². The predicted octanol–water partition coefficient (Wildman–Crippen LogP) is -0.707. The molecule has 0 spiro atoms. The second-order valence-corrected chi connectivity index (χ2v) is 8.09. The molecule has 2 N–H and O–H groups in total. The summed E-state index contributed by atoms with van der Waals surface area (Å²) in [6, 6.07) is 3.17. The lowest BCUT2D eigenvalue weighted by atomic mass is 10.4. The maximum absolute atomic E-state index is 12.0. The van der Waals surface area contributed by atoms with Crippen molar-refractivity contribution in [3.63, 3.8) is 0 Å². The van der Waals surface area contributed by atoms with Gasteiger partial charge >= 0.3 is 0 Å². The molecule has 0 aliphatic carbocycles. The maximum atomic E-state index is 12.0. The highest BCUT2D eigenvalue weighted by molar-refractivity contribution is 7.90. The van der Waals surface area contributed by atoms with E-state index in [1.165, 1.54) is 20.3 Å². The van der Waals surface area contributed by atoms with Gasteiger partial charge < -0.3 is 5.32 Å². The van der Waals surface area contributed by atoms with Crippen LogP contribution in [0.3, 0.4) is 0 Å². The average Bonchev–Trinajstić information content (AvgIpc) is 2.38. The number of anilines is 1. The van der Waals surface area contributed by atoms with Crippen molar-refractivity contribution in [2.24, 2.45) is 0 Å². The second kappa shape index (κ2) is 6.48. The van der Waals surface area contributed by atoms with Gasteiger partial charge in [-0.05, 0) is 12.1 Å². The Balaban J connectivity index is 2.82. The summed E-state index contributed by atoms with van der Waals surface area (Å²) >= 11 is 0. The molecule has 0 saturated carbocycles. The minimum atomic E-state index is -3.86. The van der Waals surface area contributed by atoms with Crippen molar-refractivity contribution in [2.75, 3.05) is 38.8 Å². The molecule has 0 fully saturated rings. The quantitative estimate of drug-likeness (QED) is 0.687. The third-order valence-corrected chi connectivity index (χ3v) is 5.75. The molecule has 0 unspecified atom stereocenters. The molecule has 0 amide bonds. The summed E-state index contributed by atoms with van der Waals surface area (Å²) in [5, 5.41) is 2.56. The summed E-state index contributed by atoms with van der Waals surface area (Å²) < 4.78 is 50.4. The first-order valence-electron chi connectivity index (χ1n) is 5.73. The van der Waals surface area contributed by atoms with E-state index in [2.05, 4.69) is 15.0 Å². The molecule has 114 valence electrons. The number of hydrogen-bond acceptors (Lipinski definition) is 6. The summed E-state index contributed by atoms with van der Waals surface area (Å²) in [6.45, 7) is -0.220. The fourth-order valence-electron chi connectivity index (χ4n) is 1.35. The van der Waals surface area contributed by atoms with Crippen LogP contribution in [0, 0.1) is 0 Å². The Morgan fingerprint density at radius 1 is 1.25 bits per heavy atom. The Hall–Kier alpha value is -1.23. The number of pyridine rings is 1. The van der Waals surface area contributed by atoms with Crippen molar-refractivity contribution in [3.8, 4) is 0 Å². The standard InChI is InChI=1S/C10H18N4O4S2/c1-11-9-5-4-6-12-10(9)20(17,18)13-7-8-19(15,16)14(2)3/h4-6,11,13H,7-8H2,1-3H3. The normalized spacial score (nSPS) is 12.6. The molecule has 0 bridgehead atoms. The Morgan fingerprint density at radius 2 is 1.90 bits per heavy atom. The van der Waals surface area contributed by atoms with Crippen LogP contribution < -0.4 is 10.0 Å². The van der Waals surface area contributed by atoms with Crippen LogP contribution in [0.5, 0.6) is 0 Å². The molecule has 1 aromatic rings. The zero-order valence-electron chi connectivity index (χ0n) is 11.5. The minimum Gasteiger partial charge on any atom is -0.386 e. The molecule has 0 aromatic carbocycles. The highest BCUT2D eigenvalue weighted by Gasteiger charge is 2.21. The number of sulfonamides is 2. The first-order valence-corrected chi connectivity index (χ1v) is 8.82. The summed E-state index contributed by atoms with van der Waals surface area (Å²) in [4.78, 5) is 3.80. The second-order valence-electron chi connectivity index (χ2n) is 4.10. The molecule has 1 rings (SSSR count). The van der Waals surface area contributed by atoms with Crippen LogP contribution in [0.25, 0.3) is 0 Å². The molecule has 0 saturated heterocycles. The predicted molar refractivity (Wildman–Crippen MR) is 76.4 cm³/mol. The largest absolute Gasteiger partial charge is 0.386 e. The third-order valence-electron chi connectivity index (χ3n) is 2.50. The molecular formula is C10H18N4O4S2. The fourth-order valence-corrected chi connectivity index (χ4v) is 3.37. The van der Waals surface area contributed by atoms with E-state index in [1.54, 1.807) is 19.2 Å². The van der Waals surface area contributed by atoms with Crippen molar-refractivity contribution in [1.29, 1.82) is 0 Å². The molecule has 0 aliphatic rings. The van der Waals surface area contributed by atoms with Crippen LogP contribution in [0.2, 0.25) is 0 Å². The molecule has 0 aliphatic heterocycles. The van der Waals surface area contributed by atoms with E-state index < -0.39 is 20.0 Å². The fraction of sp³-hybridized carbons (Fsp3) is 0.500. The SMILES string of the molecule is CNc1cccnc1S(=O)(=O)NCCS(=O)(=O)N(C)C. The van der Waals surface area contributed by atoms with Crippen LogP contribution in [0.1, 0.15) is 0 Å². The van der Waals surface area contributed by atoms with Gasteiger partial charge in [-0.3, -0.25) is 0 Å². The van der Waals surface area contributed by atoms with E-state index >= 15 is 0 Å². The Bertz CT molecular complexity index is 656. The Labute approximate surface area is 119 Å². The van der Waals surface area contributed by atoms with Crippen LogP contribution in [-0.2, 0) is 20.0 Å². The lowest BCUT2D eigenvalue weighted by Gasteiger charge is -2.12. The van der Waals surface area contributed by atoms with E-state index in [-0.39, 0.29) is 17.3 Å². The van der Waals surface area contributed by atoms with Gasteiger partial charge in [-0.1, -0.05) is 0 Å². The van der Waals surface area contributed by atoms with E-state index in [0.717, 1.165) is 4.31 Å². The van der Waals surface area contributed by atoms with Crippen molar-refractivity contribution < 1.29 is 16.8 Å². The van der Waals surface area contributed by atoms with E-state index in [9.17, 15) is 16.8 Å². The summed E-state index contributed by atoms with van der Waals surface area (Å²) in [5.74, 6) is -0.319. The van der Waals surface area contributed by atoms with Gasteiger partial charge in [0.1, 0.15) is 0 Å². The van der Waals surface area contributed by atoms with Gasteiger partial charge in [0.05, 0.1) is 11.4 Å². The number of rotatable bonds is 7. The van der Waals surface area contributed by atoms with Gasteiger partial charge in [0.15, 0.2) is 5.03 Å². The number of aromatic nitrogens is 1. The van der Waals surface area contributed by atoms with E-state index in [4.69, 9.17) is 0 Å². The molecule has 8 nitrogen and oxygen atoms in total. The highest BCUT2D eigenvalue weighted by Crippen LogP contribution is 2.16. The van der Waals surface area contributed by atoms with E-state index in [1.807, 2.05) is 0 Å². The Morgan fingerprint density at radius 3 is 2.45 bits per heavy atom. The number of hydrogen-bond donors (Lipinski definition) is 2. The molecule has 1 heterocycles. The van der Waals surface area contributed by atoms with Crippen LogP contribution in [0.15, 0.2) is 23.4 Å². The smallest absolute Gasteiger partial charge is 0.260 e. The van der Waals surface area contributed by atoms with Crippen LogP contribution in [0.4, 0.5) is 5.69 Å². The first kappa shape index (κ1) is 16.8. The molecule has 20 heavy (non-hydrogen) atoms. The highest BCUT2D eigenvalue weighted by atomic mass is 32.2. The van der Waals surface area contributed by atoms with Gasteiger partial charge in [-0.25, -0.2) is 30.8 Å². The Kier molecular flexibility index (Phi) is 5.45. The maximum Gasteiger partial charge on any atom is 0.260 e. The van der Waals surface area contributed by atoms with Crippen LogP contribution in [-0.4, -0.2) is 59.6 Å². The molecule has 10 heteroatoms. The van der Waals surface area contributed by atoms with E-state index in [0.29, 0.717) is 5.69 Å². The third kappa shape index (κ3) is 4.13. The molecule has 1 aromatic heterocycles. The van der Waals surface area contributed by atoms with Crippen molar-refractivity contribution >= 4 is 25.7 Å². The average molecular weight is 322 g/mol. The zero-order chi connectivity index (χ0) is 15.4. The monoisotopic (exact) mass is 322 g/mol. The first-order chi connectivity index (χ1) is 9.20. The zero-order valence-corrected chi connectivity index (χ0v) is 13.1. The van der Waals surface area contributed by atoms with Gasteiger partial charge in [0, 0.05) is 33.9 Å². The summed E-state index contributed by atoms with van der Waals surface area (Å²) in [7, 11) is -2.95. The van der Waals surface area contributed by atoms with Crippen molar-refractivity contribution in [1.82, 2.24) is 14.0 Å².